The Balaban J connectivity index is 2.28. The Morgan fingerprint density at radius 2 is 2.29 bits per heavy atom. The molecule has 0 aliphatic carbocycles. The first kappa shape index (κ1) is 12.1. The number of hydrogen-bond acceptors (Lipinski definition) is 3. The summed E-state index contributed by atoms with van der Waals surface area (Å²) in [5.74, 6) is 6.18. The first-order valence-electron chi connectivity index (χ1n) is 5.77. The summed E-state index contributed by atoms with van der Waals surface area (Å²) in [6.07, 6.45) is 4.06. The third-order valence-corrected chi connectivity index (χ3v) is 2.93. The predicted octanol–water partition coefficient (Wildman–Crippen LogP) is 2.33. The van der Waals surface area contributed by atoms with Crippen molar-refractivity contribution < 1.29 is 9.13 Å². The average molecular weight is 236 g/mol. The summed E-state index contributed by atoms with van der Waals surface area (Å²) in [6.45, 7) is 2.45. The highest BCUT2D eigenvalue weighted by atomic mass is 19.1. The van der Waals surface area contributed by atoms with Crippen LogP contribution in [0.5, 0.6) is 0 Å². The zero-order chi connectivity index (χ0) is 12.3. The highest BCUT2D eigenvalue weighted by Crippen LogP contribution is 2.26. The number of nitrogens with one attached hydrogen (secondary N) is 1. The fraction of sp³-hybridized carbons (Fsp3) is 0.385. The Hall–Kier alpha value is -1.39. The Morgan fingerprint density at radius 1 is 1.47 bits per heavy atom. The maximum Gasteiger partial charge on any atom is 0.126 e. The summed E-state index contributed by atoms with van der Waals surface area (Å²) in [5.41, 5.74) is 4.25. The van der Waals surface area contributed by atoms with Crippen molar-refractivity contribution in [2.75, 3.05) is 6.61 Å². The smallest absolute Gasteiger partial charge is 0.126 e. The number of rotatable bonds is 3. The molecule has 0 saturated carbocycles. The van der Waals surface area contributed by atoms with Crippen molar-refractivity contribution in [3.05, 3.63) is 47.0 Å². The maximum absolute atomic E-state index is 13.2. The van der Waals surface area contributed by atoms with Crippen LogP contribution in [0, 0.1) is 12.7 Å². The number of allylic oxidation sites excluding steroid dienone is 1. The van der Waals surface area contributed by atoms with E-state index in [4.69, 9.17) is 10.6 Å². The van der Waals surface area contributed by atoms with Gasteiger partial charge in [0.1, 0.15) is 17.6 Å². The quantitative estimate of drug-likeness (QED) is 0.625. The van der Waals surface area contributed by atoms with Crippen molar-refractivity contribution in [2.45, 2.75) is 25.8 Å². The number of aryl methyl sites for hydroxylation is 1. The molecule has 2 rings (SSSR count). The molecule has 1 atom stereocenters. The molecule has 0 aromatic heterocycles. The van der Waals surface area contributed by atoms with E-state index in [9.17, 15) is 4.39 Å². The fourth-order valence-corrected chi connectivity index (χ4v) is 1.97. The van der Waals surface area contributed by atoms with Crippen LogP contribution in [0.2, 0.25) is 0 Å². The monoisotopic (exact) mass is 236 g/mol. The van der Waals surface area contributed by atoms with Gasteiger partial charge in [-0.2, -0.15) is 0 Å². The van der Waals surface area contributed by atoms with Gasteiger partial charge in [0.05, 0.1) is 6.61 Å². The minimum atomic E-state index is -0.205. The lowest BCUT2D eigenvalue weighted by Crippen LogP contribution is -2.31. The SMILES string of the molecule is Cc1cc(C(NN)C2=CCCCO2)ccc1F. The van der Waals surface area contributed by atoms with Crippen LogP contribution in [-0.4, -0.2) is 6.61 Å². The van der Waals surface area contributed by atoms with Crippen LogP contribution in [-0.2, 0) is 4.74 Å². The highest BCUT2D eigenvalue weighted by molar-refractivity contribution is 5.30. The highest BCUT2D eigenvalue weighted by Gasteiger charge is 2.19. The van der Waals surface area contributed by atoms with Gasteiger partial charge in [0, 0.05) is 0 Å². The second-order valence-corrected chi connectivity index (χ2v) is 4.21. The zero-order valence-corrected chi connectivity index (χ0v) is 9.87. The van der Waals surface area contributed by atoms with Crippen molar-refractivity contribution in [1.29, 1.82) is 0 Å². The van der Waals surface area contributed by atoms with Gasteiger partial charge >= 0.3 is 0 Å². The van der Waals surface area contributed by atoms with E-state index in [0.29, 0.717) is 12.2 Å². The third-order valence-electron chi connectivity index (χ3n) is 2.93. The number of nitrogens with two attached hydrogens (primary N) is 1. The zero-order valence-electron chi connectivity index (χ0n) is 9.87. The number of halogens is 1. The van der Waals surface area contributed by atoms with Crippen molar-refractivity contribution in [1.82, 2.24) is 5.43 Å². The second-order valence-electron chi connectivity index (χ2n) is 4.21. The van der Waals surface area contributed by atoms with Gasteiger partial charge in [-0.15, -0.1) is 0 Å². The predicted molar refractivity (Wildman–Crippen MR) is 64.5 cm³/mol. The van der Waals surface area contributed by atoms with E-state index in [-0.39, 0.29) is 11.9 Å². The van der Waals surface area contributed by atoms with Gasteiger partial charge in [-0.3, -0.25) is 5.84 Å². The fourth-order valence-electron chi connectivity index (χ4n) is 1.97. The molecule has 1 aromatic carbocycles. The van der Waals surface area contributed by atoms with Gasteiger partial charge in [0.25, 0.3) is 0 Å². The Morgan fingerprint density at radius 3 is 2.88 bits per heavy atom. The normalized spacial score (nSPS) is 17.2. The molecule has 17 heavy (non-hydrogen) atoms. The van der Waals surface area contributed by atoms with Crippen LogP contribution < -0.4 is 11.3 Å². The van der Waals surface area contributed by atoms with Gasteiger partial charge in [-0.1, -0.05) is 12.1 Å². The van der Waals surface area contributed by atoms with Crippen molar-refractivity contribution in [2.24, 2.45) is 5.84 Å². The van der Waals surface area contributed by atoms with E-state index in [1.54, 1.807) is 19.1 Å². The lowest BCUT2D eigenvalue weighted by Gasteiger charge is -2.23. The van der Waals surface area contributed by atoms with Crippen molar-refractivity contribution in [3.63, 3.8) is 0 Å². The Labute approximate surface area is 100 Å². The van der Waals surface area contributed by atoms with Crippen LogP contribution >= 0.6 is 0 Å². The Kier molecular flexibility index (Phi) is 3.76. The molecule has 3 N–H and O–H groups in total. The molecule has 0 radical (unpaired) electrons. The van der Waals surface area contributed by atoms with E-state index < -0.39 is 0 Å². The summed E-state index contributed by atoms with van der Waals surface area (Å²) < 4.78 is 18.8. The van der Waals surface area contributed by atoms with E-state index in [1.165, 1.54) is 6.07 Å². The van der Waals surface area contributed by atoms with Crippen LogP contribution in [0.1, 0.15) is 30.0 Å². The van der Waals surface area contributed by atoms with E-state index in [0.717, 1.165) is 24.2 Å². The van der Waals surface area contributed by atoms with Crippen LogP contribution in [0.25, 0.3) is 0 Å². The van der Waals surface area contributed by atoms with Crippen molar-refractivity contribution in [3.8, 4) is 0 Å². The maximum atomic E-state index is 13.2. The minimum Gasteiger partial charge on any atom is -0.496 e. The number of hydrogen-bond donors (Lipinski definition) is 2. The molecule has 92 valence electrons. The summed E-state index contributed by atoms with van der Waals surface area (Å²) in [6, 6.07) is 4.78. The molecule has 1 heterocycles. The van der Waals surface area contributed by atoms with E-state index in [2.05, 4.69) is 5.43 Å². The molecule has 1 aliphatic rings. The lowest BCUT2D eigenvalue weighted by molar-refractivity contribution is 0.168. The summed E-state index contributed by atoms with van der Waals surface area (Å²) >= 11 is 0. The molecule has 0 bridgehead atoms. The lowest BCUT2D eigenvalue weighted by atomic mass is 10.0. The number of benzene rings is 1. The topological polar surface area (TPSA) is 47.3 Å². The largest absolute Gasteiger partial charge is 0.496 e. The van der Waals surface area contributed by atoms with Gasteiger partial charge < -0.3 is 4.74 Å². The molecule has 0 saturated heterocycles. The van der Waals surface area contributed by atoms with Crippen molar-refractivity contribution >= 4 is 0 Å². The minimum absolute atomic E-state index is 0.199. The van der Waals surface area contributed by atoms with E-state index in [1.807, 2.05) is 6.08 Å². The van der Waals surface area contributed by atoms with Gasteiger partial charge in [-0.25, -0.2) is 9.82 Å². The van der Waals surface area contributed by atoms with Gasteiger partial charge in [0.15, 0.2) is 0 Å². The van der Waals surface area contributed by atoms with Gasteiger partial charge in [-0.05, 0) is 43.0 Å². The summed E-state index contributed by atoms with van der Waals surface area (Å²) in [7, 11) is 0. The standard InChI is InChI=1S/C13H17FN2O/c1-9-8-10(5-6-11(9)14)13(16-15)12-4-2-3-7-17-12/h4-6,8,13,16H,2-3,7,15H2,1H3. The van der Waals surface area contributed by atoms with Crippen LogP contribution in [0.4, 0.5) is 4.39 Å². The second kappa shape index (κ2) is 5.29. The van der Waals surface area contributed by atoms with E-state index >= 15 is 0 Å². The third kappa shape index (κ3) is 2.65. The molecule has 1 aliphatic heterocycles. The molecular weight excluding hydrogens is 219 g/mol. The molecule has 0 amide bonds. The van der Waals surface area contributed by atoms with Crippen LogP contribution in [0.15, 0.2) is 30.0 Å². The molecule has 4 heteroatoms. The first-order valence-corrected chi connectivity index (χ1v) is 5.77. The number of ether oxygens (including phenoxy) is 1. The molecule has 0 spiro atoms. The summed E-state index contributed by atoms with van der Waals surface area (Å²) in [5, 5.41) is 0. The molecule has 3 nitrogen and oxygen atoms in total. The van der Waals surface area contributed by atoms with Gasteiger partial charge in [0.2, 0.25) is 0 Å². The molecule has 0 fully saturated rings. The summed E-state index contributed by atoms with van der Waals surface area (Å²) in [4.78, 5) is 0. The molecule has 1 unspecified atom stereocenters. The Bertz CT molecular complexity index is 431. The number of hydrazine groups is 1. The molecule has 1 aromatic rings. The average Bonchev–Trinajstić information content (AvgIpc) is 2.36. The van der Waals surface area contributed by atoms with Crippen LogP contribution in [0.3, 0.4) is 0 Å². The first-order chi connectivity index (χ1) is 8.22. The molecular formula is C13H17FN2O.